The normalized spacial score (nSPS) is 11.6. The minimum absolute atomic E-state index is 0.306. The van der Waals surface area contributed by atoms with Gasteiger partial charge in [0.25, 0.3) is 0 Å². The number of hydrogen-bond acceptors (Lipinski definition) is 3. The standard InChI is InChI=1S/C30H33N3O3/c1-19(2)22-7-13-25(14-8-22)31-28(34)32(26-15-9-23(10-16-26)20(3)4)30(36)33(29(31)35)27-17-11-24(12-18-27)21(5)6/h7-21H,1-6H3. The molecule has 3 aromatic carbocycles. The first-order chi connectivity index (χ1) is 17.1. The SMILES string of the molecule is CC(C)c1ccc(-n2c(=O)n(-c3ccc(C(C)C)cc3)c(=O)n(-c3ccc(C(C)C)cc3)c2=O)cc1. The topological polar surface area (TPSA) is 66.0 Å². The van der Waals surface area contributed by atoms with Crippen molar-refractivity contribution in [2.24, 2.45) is 0 Å². The van der Waals surface area contributed by atoms with Crippen LogP contribution in [0.4, 0.5) is 0 Å². The summed E-state index contributed by atoms with van der Waals surface area (Å²) in [4.78, 5) is 41.1. The molecule has 0 radical (unpaired) electrons. The summed E-state index contributed by atoms with van der Waals surface area (Å²) in [7, 11) is 0. The Hall–Kier alpha value is -3.93. The molecule has 36 heavy (non-hydrogen) atoms. The second-order valence-corrected chi connectivity index (χ2v) is 10.1. The van der Waals surface area contributed by atoms with Crippen molar-refractivity contribution in [2.45, 2.75) is 59.3 Å². The van der Waals surface area contributed by atoms with Crippen LogP contribution in [0.15, 0.2) is 87.2 Å². The minimum atomic E-state index is -0.699. The largest absolute Gasteiger partial charge is 0.345 e. The van der Waals surface area contributed by atoms with Gasteiger partial charge in [-0.15, -0.1) is 0 Å². The molecule has 0 atom stereocenters. The van der Waals surface area contributed by atoms with E-state index in [0.717, 1.165) is 30.4 Å². The maximum absolute atomic E-state index is 13.7. The fourth-order valence-corrected chi connectivity index (χ4v) is 4.23. The zero-order valence-corrected chi connectivity index (χ0v) is 21.7. The van der Waals surface area contributed by atoms with E-state index >= 15 is 0 Å². The second-order valence-electron chi connectivity index (χ2n) is 10.1. The number of nitrogens with zero attached hydrogens (tertiary/aromatic N) is 3. The molecular formula is C30H33N3O3. The van der Waals surface area contributed by atoms with E-state index in [1.807, 2.05) is 36.4 Å². The van der Waals surface area contributed by atoms with Gasteiger partial charge in [0.15, 0.2) is 0 Å². The first-order valence-corrected chi connectivity index (χ1v) is 12.4. The van der Waals surface area contributed by atoms with Gasteiger partial charge >= 0.3 is 17.1 Å². The summed E-state index contributed by atoms with van der Waals surface area (Å²) in [6.45, 7) is 12.5. The minimum Gasteiger partial charge on any atom is -0.246 e. The molecule has 0 aliphatic carbocycles. The van der Waals surface area contributed by atoms with Crippen LogP contribution in [0.5, 0.6) is 0 Å². The van der Waals surface area contributed by atoms with Crippen molar-refractivity contribution in [3.8, 4) is 17.1 Å². The van der Waals surface area contributed by atoms with E-state index in [1.165, 1.54) is 0 Å². The van der Waals surface area contributed by atoms with Gasteiger partial charge in [0, 0.05) is 0 Å². The van der Waals surface area contributed by atoms with Gasteiger partial charge in [-0.3, -0.25) is 0 Å². The molecule has 0 amide bonds. The van der Waals surface area contributed by atoms with Gasteiger partial charge < -0.3 is 0 Å². The van der Waals surface area contributed by atoms with Crippen molar-refractivity contribution in [1.29, 1.82) is 0 Å². The molecule has 0 aliphatic rings. The Morgan fingerprint density at radius 2 is 0.583 bits per heavy atom. The summed E-state index contributed by atoms with van der Waals surface area (Å²) >= 11 is 0. The lowest BCUT2D eigenvalue weighted by molar-refractivity contribution is 0.659. The smallest absolute Gasteiger partial charge is 0.246 e. The van der Waals surface area contributed by atoms with E-state index in [9.17, 15) is 14.4 Å². The van der Waals surface area contributed by atoms with Crippen molar-refractivity contribution in [3.63, 3.8) is 0 Å². The maximum atomic E-state index is 13.7. The molecule has 4 aromatic rings. The van der Waals surface area contributed by atoms with Crippen molar-refractivity contribution < 1.29 is 0 Å². The molecule has 0 unspecified atom stereocenters. The van der Waals surface area contributed by atoms with Crippen LogP contribution in [-0.2, 0) is 0 Å². The molecule has 0 aliphatic heterocycles. The van der Waals surface area contributed by atoms with Crippen LogP contribution >= 0.6 is 0 Å². The van der Waals surface area contributed by atoms with E-state index in [-0.39, 0.29) is 0 Å². The van der Waals surface area contributed by atoms with Crippen LogP contribution in [0.2, 0.25) is 0 Å². The molecule has 6 nitrogen and oxygen atoms in total. The number of benzene rings is 3. The Morgan fingerprint density at radius 1 is 0.389 bits per heavy atom. The second kappa shape index (κ2) is 9.97. The van der Waals surface area contributed by atoms with Gasteiger partial charge in [-0.2, -0.15) is 0 Å². The highest BCUT2D eigenvalue weighted by atomic mass is 16.2. The fourth-order valence-electron chi connectivity index (χ4n) is 4.23. The third-order valence-electron chi connectivity index (χ3n) is 6.60. The molecule has 186 valence electrons. The van der Waals surface area contributed by atoms with E-state index in [4.69, 9.17) is 0 Å². The third kappa shape index (κ3) is 4.63. The molecule has 0 bridgehead atoms. The van der Waals surface area contributed by atoms with Crippen LogP contribution in [-0.4, -0.2) is 13.7 Å². The Morgan fingerprint density at radius 3 is 0.750 bits per heavy atom. The number of hydrogen-bond donors (Lipinski definition) is 0. The molecule has 0 spiro atoms. The molecule has 0 saturated carbocycles. The first kappa shape index (κ1) is 25.2. The van der Waals surface area contributed by atoms with Crippen LogP contribution in [0.1, 0.15) is 76.0 Å². The summed E-state index contributed by atoms with van der Waals surface area (Å²) in [5.74, 6) is 0.918. The van der Waals surface area contributed by atoms with Gasteiger partial charge in [-0.1, -0.05) is 77.9 Å². The summed E-state index contributed by atoms with van der Waals surface area (Å²) in [6.07, 6.45) is 0. The summed E-state index contributed by atoms with van der Waals surface area (Å²) < 4.78 is 3.20. The van der Waals surface area contributed by atoms with Gasteiger partial charge in [-0.05, 0) is 70.8 Å². The lowest BCUT2D eigenvalue weighted by atomic mass is 10.0. The molecular weight excluding hydrogens is 450 g/mol. The molecule has 6 heteroatoms. The van der Waals surface area contributed by atoms with E-state index < -0.39 is 17.1 Å². The van der Waals surface area contributed by atoms with Gasteiger partial charge in [0.2, 0.25) is 0 Å². The van der Waals surface area contributed by atoms with Crippen LogP contribution in [0, 0.1) is 0 Å². The summed E-state index contributed by atoms with van der Waals surface area (Å²) in [6, 6.07) is 21.9. The van der Waals surface area contributed by atoms with Crippen molar-refractivity contribution in [3.05, 3.63) is 121 Å². The number of rotatable bonds is 6. The van der Waals surface area contributed by atoms with Crippen molar-refractivity contribution in [1.82, 2.24) is 13.7 Å². The van der Waals surface area contributed by atoms with Gasteiger partial charge in [0.1, 0.15) is 0 Å². The molecule has 1 aromatic heterocycles. The van der Waals surface area contributed by atoms with E-state index in [2.05, 4.69) is 41.5 Å². The van der Waals surface area contributed by atoms with Crippen molar-refractivity contribution in [2.75, 3.05) is 0 Å². The lowest BCUT2D eigenvalue weighted by Gasteiger charge is -2.16. The average Bonchev–Trinajstić information content (AvgIpc) is 2.85. The highest BCUT2D eigenvalue weighted by Gasteiger charge is 2.20. The molecule has 0 saturated heterocycles. The molecule has 4 rings (SSSR count). The fraction of sp³-hybridized carbons (Fsp3) is 0.300. The summed E-state index contributed by atoms with van der Waals surface area (Å²) in [5.41, 5.74) is 2.41. The Labute approximate surface area is 211 Å². The Bertz CT molecular complexity index is 1320. The maximum Gasteiger partial charge on any atom is 0.345 e. The third-order valence-corrected chi connectivity index (χ3v) is 6.60. The Kier molecular flexibility index (Phi) is 6.97. The highest BCUT2D eigenvalue weighted by molar-refractivity contribution is 5.41. The highest BCUT2D eigenvalue weighted by Crippen LogP contribution is 2.18. The summed E-state index contributed by atoms with van der Waals surface area (Å²) in [5, 5.41) is 0. The lowest BCUT2D eigenvalue weighted by Crippen LogP contribution is -2.52. The molecule has 0 fully saturated rings. The number of aromatic nitrogens is 3. The average molecular weight is 484 g/mol. The molecule has 0 N–H and O–H groups in total. The van der Waals surface area contributed by atoms with E-state index in [0.29, 0.717) is 34.8 Å². The van der Waals surface area contributed by atoms with Gasteiger partial charge in [0.05, 0.1) is 17.1 Å². The quantitative estimate of drug-likeness (QED) is 0.363. The monoisotopic (exact) mass is 483 g/mol. The predicted octanol–water partition coefficient (Wildman–Crippen LogP) is 5.51. The van der Waals surface area contributed by atoms with Crippen molar-refractivity contribution >= 4 is 0 Å². The van der Waals surface area contributed by atoms with Crippen LogP contribution in [0.3, 0.4) is 0 Å². The predicted molar refractivity (Wildman–Crippen MR) is 145 cm³/mol. The van der Waals surface area contributed by atoms with Crippen LogP contribution in [0.25, 0.3) is 17.1 Å². The first-order valence-electron chi connectivity index (χ1n) is 12.4. The Balaban J connectivity index is 2.03. The van der Waals surface area contributed by atoms with Gasteiger partial charge in [-0.25, -0.2) is 28.1 Å². The van der Waals surface area contributed by atoms with Crippen LogP contribution < -0.4 is 17.1 Å². The van der Waals surface area contributed by atoms with E-state index in [1.54, 1.807) is 36.4 Å². The molecule has 1 heterocycles. The zero-order valence-electron chi connectivity index (χ0n) is 21.7. The zero-order chi connectivity index (χ0) is 26.1.